The highest BCUT2D eigenvalue weighted by molar-refractivity contribution is 9.10. The maximum atomic E-state index is 11.2. The predicted octanol–water partition coefficient (Wildman–Crippen LogP) is 4.87. The SMILES string of the molecule is O=c1[nH]c2ccc(C(Cl)c3ccc(Cl)cc3Br)cc2o1. The van der Waals surface area contributed by atoms with Gasteiger partial charge in [0.1, 0.15) is 0 Å². The topological polar surface area (TPSA) is 46.0 Å². The first kappa shape index (κ1) is 13.7. The molecule has 0 radical (unpaired) electrons. The quantitative estimate of drug-likeness (QED) is 0.652. The van der Waals surface area contributed by atoms with E-state index in [0.29, 0.717) is 16.1 Å². The van der Waals surface area contributed by atoms with Crippen LogP contribution < -0.4 is 5.76 Å². The van der Waals surface area contributed by atoms with Gasteiger partial charge in [-0.15, -0.1) is 11.6 Å². The lowest BCUT2D eigenvalue weighted by molar-refractivity contribution is 0.555. The second-order valence-electron chi connectivity index (χ2n) is 4.30. The number of aromatic amines is 1. The summed E-state index contributed by atoms with van der Waals surface area (Å²) in [4.78, 5) is 13.7. The number of rotatable bonds is 2. The fourth-order valence-electron chi connectivity index (χ4n) is 2.01. The molecule has 1 heterocycles. The molecule has 0 aliphatic heterocycles. The second kappa shape index (κ2) is 5.28. The molecule has 0 saturated heterocycles. The van der Waals surface area contributed by atoms with Crippen molar-refractivity contribution in [3.05, 3.63) is 67.6 Å². The smallest absolute Gasteiger partial charge is 0.408 e. The Bertz CT molecular complexity index is 841. The van der Waals surface area contributed by atoms with Gasteiger partial charge >= 0.3 is 5.76 Å². The van der Waals surface area contributed by atoms with E-state index in [-0.39, 0.29) is 5.38 Å². The van der Waals surface area contributed by atoms with Gasteiger partial charge in [0.05, 0.1) is 10.9 Å². The largest absolute Gasteiger partial charge is 0.417 e. The molecule has 1 aromatic heterocycles. The van der Waals surface area contributed by atoms with Crippen LogP contribution in [0.15, 0.2) is 50.1 Å². The van der Waals surface area contributed by atoms with E-state index in [1.165, 1.54) is 0 Å². The lowest BCUT2D eigenvalue weighted by Crippen LogP contribution is -1.94. The zero-order valence-electron chi connectivity index (χ0n) is 9.99. The molecule has 0 aliphatic carbocycles. The van der Waals surface area contributed by atoms with Crippen LogP contribution in [0.5, 0.6) is 0 Å². The highest BCUT2D eigenvalue weighted by Crippen LogP contribution is 2.35. The van der Waals surface area contributed by atoms with Crippen LogP contribution >= 0.6 is 39.1 Å². The van der Waals surface area contributed by atoms with Gasteiger partial charge in [-0.05, 0) is 35.4 Å². The van der Waals surface area contributed by atoms with Crippen molar-refractivity contribution in [3.8, 4) is 0 Å². The molecule has 3 rings (SSSR count). The highest BCUT2D eigenvalue weighted by atomic mass is 79.9. The van der Waals surface area contributed by atoms with Gasteiger partial charge in [0.2, 0.25) is 0 Å². The number of H-pyrrole nitrogens is 1. The molecular weight excluding hydrogens is 365 g/mol. The van der Waals surface area contributed by atoms with Crippen molar-refractivity contribution in [3.63, 3.8) is 0 Å². The summed E-state index contributed by atoms with van der Waals surface area (Å²) in [7, 11) is 0. The fraction of sp³-hybridized carbons (Fsp3) is 0.0714. The Hall–Kier alpha value is -1.23. The van der Waals surface area contributed by atoms with E-state index in [9.17, 15) is 4.79 Å². The number of benzene rings is 2. The minimum Gasteiger partial charge on any atom is -0.408 e. The van der Waals surface area contributed by atoms with Crippen LogP contribution in [0.4, 0.5) is 0 Å². The van der Waals surface area contributed by atoms with Gasteiger partial charge < -0.3 is 4.42 Å². The molecule has 6 heteroatoms. The molecule has 20 heavy (non-hydrogen) atoms. The molecule has 1 unspecified atom stereocenters. The minimum absolute atomic E-state index is 0.369. The van der Waals surface area contributed by atoms with Crippen LogP contribution in [0.25, 0.3) is 11.1 Å². The summed E-state index contributed by atoms with van der Waals surface area (Å²) in [5.74, 6) is -0.476. The predicted molar refractivity (Wildman–Crippen MR) is 83.7 cm³/mol. The molecule has 0 saturated carbocycles. The molecule has 1 N–H and O–H groups in total. The van der Waals surface area contributed by atoms with E-state index >= 15 is 0 Å². The summed E-state index contributed by atoms with van der Waals surface area (Å²) < 4.78 is 5.88. The number of aromatic nitrogens is 1. The van der Waals surface area contributed by atoms with Crippen LogP contribution in [0.1, 0.15) is 16.5 Å². The summed E-state index contributed by atoms with van der Waals surface area (Å²) in [5.41, 5.74) is 2.87. The Labute approximate surface area is 132 Å². The third-order valence-electron chi connectivity index (χ3n) is 2.97. The van der Waals surface area contributed by atoms with Gasteiger partial charge in [-0.3, -0.25) is 4.98 Å². The standard InChI is InChI=1S/C14H8BrCl2NO2/c15-10-6-8(16)2-3-9(10)13(17)7-1-4-11-12(5-7)20-14(19)18-11/h1-6,13H,(H,18,19). The van der Waals surface area contributed by atoms with E-state index in [0.717, 1.165) is 15.6 Å². The van der Waals surface area contributed by atoms with Crippen LogP contribution in [-0.4, -0.2) is 4.98 Å². The lowest BCUT2D eigenvalue weighted by Gasteiger charge is -2.12. The number of fused-ring (bicyclic) bond motifs is 1. The first-order valence-electron chi connectivity index (χ1n) is 5.76. The second-order valence-corrected chi connectivity index (χ2v) is 6.03. The van der Waals surface area contributed by atoms with Crippen molar-refractivity contribution >= 4 is 50.2 Å². The van der Waals surface area contributed by atoms with E-state index in [4.69, 9.17) is 27.6 Å². The maximum absolute atomic E-state index is 11.2. The third kappa shape index (κ3) is 2.51. The molecule has 3 nitrogen and oxygen atoms in total. The molecule has 0 spiro atoms. The van der Waals surface area contributed by atoms with Crippen molar-refractivity contribution in [2.45, 2.75) is 5.38 Å². The zero-order valence-corrected chi connectivity index (χ0v) is 13.1. The maximum Gasteiger partial charge on any atom is 0.417 e. The summed E-state index contributed by atoms with van der Waals surface area (Å²) in [6.45, 7) is 0. The molecule has 0 amide bonds. The van der Waals surface area contributed by atoms with Gasteiger partial charge in [0.15, 0.2) is 5.58 Å². The number of nitrogens with one attached hydrogen (secondary N) is 1. The zero-order chi connectivity index (χ0) is 14.3. The third-order valence-corrected chi connectivity index (χ3v) is 4.38. The van der Waals surface area contributed by atoms with Gasteiger partial charge in [-0.1, -0.05) is 39.7 Å². The first-order valence-corrected chi connectivity index (χ1v) is 7.37. The molecular formula is C14H8BrCl2NO2. The Morgan fingerprint density at radius 2 is 2.00 bits per heavy atom. The first-order chi connectivity index (χ1) is 9.54. The molecule has 1 atom stereocenters. The van der Waals surface area contributed by atoms with Crippen molar-refractivity contribution in [1.82, 2.24) is 4.98 Å². The molecule has 2 aromatic carbocycles. The number of hydrogen-bond acceptors (Lipinski definition) is 2. The molecule has 0 bridgehead atoms. The van der Waals surface area contributed by atoms with Crippen LogP contribution in [0.2, 0.25) is 5.02 Å². The van der Waals surface area contributed by atoms with Gasteiger partial charge in [0.25, 0.3) is 0 Å². The molecule has 102 valence electrons. The average molecular weight is 373 g/mol. The number of oxazole rings is 1. The number of hydrogen-bond donors (Lipinski definition) is 1. The van der Waals surface area contributed by atoms with Crippen LogP contribution in [0.3, 0.4) is 0 Å². The van der Waals surface area contributed by atoms with E-state index in [2.05, 4.69) is 20.9 Å². The van der Waals surface area contributed by atoms with Crippen LogP contribution in [0, 0.1) is 0 Å². The van der Waals surface area contributed by atoms with Crippen molar-refractivity contribution in [1.29, 1.82) is 0 Å². The Kier molecular flexibility index (Phi) is 3.63. The fourth-order valence-corrected chi connectivity index (χ4v) is 3.38. The molecule has 0 fully saturated rings. The summed E-state index contributed by atoms with van der Waals surface area (Å²) >= 11 is 15.9. The normalized spacial score (nSPS) is 12.8. The highest BCUT2D eigenvalue weighted by Gasteiger charge is 2.15. The van der Waals surface area contributed by atoms with E-state index in [1.54, 1.807) is 24.3 Å². The Morgan fingerprint density at radius 1 is 1.20 bits per heavy atom. The summed E-state index contributed by atoms with van der Waals surface area (Å²) in [6.07, 6.45) is 0. The number of alkyl halides is 1. The van der Waals surface area contributed by atoms with Crippen molar-refractivity contribution in [2.75, 3.05) is 0 Å². The van der Waals surface area contributed by atoms with Gasteiger partial charge in [-0.25, -0.2) is 4.79 Å². The minimum atomic E-state index is -0.476. The molecule has 0 aliphatic rings. The molecule has 3 aromatic rings. The van der Waals surface area contributed by atoms with E-state index in [1.807, 2.05) is 12.1 Å². The van der Waals surface area contributed by atoms with Gasteiger partial charge in [0, 0.05) is 9.50 Å². The number of halogens is 3. The van der Waals surface area contributed by atoms with Crippen molar-refractivity contribution < 1.29 is 4.42 Å². The van der Waals surface area contributed by atoms with Crippen molar-refractivity contribution in [2.24, 2.45) is 0 Å². The van der Waals surface area contributed by atoms with E-state index < -0.39 is 5.76 Å². The Balaban J connectivity index is 2.06. The summed E-state index contributed by atoms with van der Waals surface area (Å²) in [6, 6.07) is 10.8. The lowest BCUT2D eigenvalue weighted by atomic mass is 10.0. The average Bonchev–Trinajstić information content (AvgIpc) is 2.77. The summed E-state index contributed by atoms with van der Waals surface area (Å²) in [5, 5.41) is 0.266. The van der Waals surface area contributed by atoms with Crippen LogP contribution in [-0.2, 0) is 0 Å². The monoisotopic (exact) mass is 371 g/mol. The Morgan fingerprint density at radius 3 is 2.75 bits per heavy atom. The van der Waals surface area contributed by atoms with Gasteiger partial charge in [-0.2, -0.15) is 0 Å².